The van der Waals surface area contributed by atoms with E-state index in [9.17, 15) is 4.79 Å². The van der Waals surface area contributed by atoms with Gasteiger partial charge in [0.2, 0.25) is 0 Å². The molecule has 0 amide bonds. The van der Waals surface area contributed by atoms with Gasteiger partial charge in [0.05, 0.1) is 23.9 Å². The Bertz CT molecular complexity index is 1450. The lowest BCUT2D eigenvalue weighted by Crippen LogP contribution is -2.25. The molecule has 0 N–H and O–H groups in total. The highest BCUT2D eigenvalue weighted by atomic mass is 16.5. The number of nitrogens with zero attached hydrogens (tertiary/aromatic N) is 6. The summed E-state index contributed by atoms with van der Waals surface area (Å²) in [5.74, 6) is 0.623. The monoisotopic (exact) mass is 516 g/mol. The van der Waals surface area contributed by atoms with Crippen LogP contribution in [-0.4, -0.2) is 55.5 Å². The van der Waals surface area contributed by atoms with Gasteiger partial charge in [-0.25, -0.2) is 4.79 Å². The summed E-state index contributed by atoms with van der Waals surface area (Å²) in [5, 5.41) is 9.66. The molecule has 0 bridgehead atoms. The molecule has 1 unspecified atom stereocenters. The second-order valence-electron chi connectivity index (χ2n) is 11.3. The lowest BCUT2D eigenvalue weighted by atomic mass is 10.0. The second-order valence-corrected chi connectivity index (χ2v) is 11.3. The van der Waals surface area contributed by atoms with Crippen LogP contribution in [0.5, 0.6) is 0 Å². The number of benzene rings is 1. The van der Waals surface area contributed by atoms with Gasteiger partial charge in [0.15, 0.2) is 5.65 Å². The molecule has 0 radical (unpaired) electrons. The van der Waals surface area contributed by atoms with E-state index >= 15 is 0 Å². The number of ether oxygens (including phenoxy) is 1. The Hall–Kier alpha value is -3.10. The molecule has 1 aliphatic heterocycles. The average molecular weight is 517 g/mol. The van der Waals surface area contributed by atoms with Crippen LogP contribution in [0.1, 0.15) is 71.2 Å². The van der Waals surface area contributed by atoms with Gasteiger partial charge in [-0.1, -0.05) is 26.0 Å². The van der Waals surface area contributed by atoms with E-state index < -0.39 is 0 Å². The molecule has 0 aliphatic carbocycles. The maximum atomic E-state index is 12.9. The maximum absolute atomic E-state index is 12.9. The molecule has 3 aromatic heterocycles. The van der Waals surface area contributed by atoms with Crippen molar-refractivity contribution in [2.75, 3.05) is 26.2 Å². The number of pyridine rings is 1. The van der Waals surface area contributed by atoms with Crippen LogP contribution in [0.3, 0.4) is 0 Å². The number of hydrogen-bond donors (Lipinski definition) is 0. The number of hydrogen-bond acceptors (Lipinski definition) is 6. The van der Waals surface area contributed by atoms with E-state index in [1.807, 2.05) is 32.2 Å². The Morgan fingerprint density at radius 1 is 0.974 bits per heavy atom. The minimum absolute atomic E-state index is 0.00495. The minimum atomic E-state index is -0.0783. The molecular formula is C30H40N6O2. The molecule has 1 aromatic carbocycles. The number of likely N-dealkylation sites (tertiary alicyclic amines) is 1. The lowest BCUT2D eigenvalue weighted by molar-refractivity contribution is 0.0289. The van der Waals surface area contributed by atoms with Gasteiger partial charge in [0.1, 0.15) is 5.52 Å². The van der Waals surface area contributed by atoms with Crippen LogP contribution in [0, 0.1) is 5.92 Å². The van der Waals surface area contributed by atoms with Gasteiger partial charge in [-0.3, -0.25) is 14.1 Å². The number of fused-ring (bicyclic) bond motifs is 3. The van der Waals surface area contributed by atoms with E-state index in [-0.39, 0.29) is 17.8 Å². The first kappa shape index (κ1) is 26.5. The van der Waals surface area contributed by atoms with Gasteiger partial charge in [0, 0.05) is 36.8 Å². The van der Waals surface area contributed by atoms with Crippen LogP contribution < -0.4 is 5.69 Å². The van der Waals surface area contributed by atoms with Crippen molar-refractivity contribution in [3.05, 3.63) is 52.7 Å². The molecule has 4 aromatic rings. The van der Waals surface area contributed by atoms with E-state index in [1.54, 1.807) is 16.2 Å². The molecule has 0 saturated carbocycles. The zero-order valence-electron chi connectivity index (χ0n) is 23.4. The van der Waals surface area contributed by atoms with Crippen LogP contribution in [0.2, 0.25) is 0 Å². The molecule has 4 heterocycles. The van der Waals surface area contributed by atoms with E-state index in [1.165, 1.54) is 25.9 Å². The highest BCUT2D eigenvalue weighted by Gasteiger charge is 2.19. The van der Waals surface area contributed by atoms with Gasteiger partial charge in [-0.15, -0.1) is 10.2 Å². The Morgan fingerprint density at radius 2 is 1.74 bits per heavy atom. The quantitative estimate of drug-likeness (QED) is 0.276. The Balaban J connectivity index is 1.43. The van der Waals surface area contributed by atoms with Gasteiger partial charge >= 0.3 is 5.69 Å². The predicted octanol–water partition coefficient (Wildman–Crippen LogP) is 5.52. The van der Waals surface area contributed by atoms with Crippen LogP contribution >= 0.6 is 0 Å². The molecule has 0 spiro atoms. The first-order valence-electron chi connectivity index (χ1n) is 14.0. The predicted molar refractivity (Wildman–Crippen MR) is 152 cm³/mol. The third kappa shape index (κ3) is 5.38. The molecular weight excluding hydrogens is 476 g/mol. The first-order valence-corrected chi connectivity index (χ1v) is 14.0. The van der Waals surface area contributed by atoms with Gasteiger partial charge in [-0.2, -0.15) is 0 Å². The molecule has 38 heavy (non-hydrogen) atoms. The van der Waals surface area contributed by atoms with Crippen molar-refractivity contribution in [3.8, 4) is 11.1 Å². The third-order valence-corrected chi connectivity index (χ3v) is 7.66. The summed E-state index contributed by atoms with van der Waals surface area (Å²) in [6.07, 6.45) is 6.62. The van der Waals surface area contributed by atoms with Crippen molar-refractivity contribution in [1.29, 1.82) is 0 Å². The molecule has 1 saturated heterocycles. The lowest BCUT2D eigenvalue weighted by Gasteiger charge is -2.21. The summed E-state index contributed by atoms with van der Waals surface area (Å²) in [6, 6.07) is 10.4. The van der Waals surface area contributed by atoms with Gasteiger partial charge < -0.3 is 9.64 Å². The summed E-state index contributed by atoms with van der Waals surface area (Å²) >= 11 is 0. The van der Waals surface area contributed by atoms with E-state index in [4.69, 9.17) is 9.72 Å². The van der Waals surface area contributed by atoms with Crippen molar-refractivity contribution >= 4 is 22.1 Å². The van der Waals surface area contributed by atoms with E-state index in [0.717, 1.165) is 59.2 Å². The zero-order chi connectivity index (χ0) is 26.8. The molecule has 202 valence electrons. The smallest absolute Gasteiger partial charge is 0.330 e. The number of rotatable bonds is 10. The standard InChI is InChI=1S/C30H40N6O2/c1-20(2)8-13-27(38-17-16-35-14-6-7-15-35)26-12-10-23(19-31-26)22-9-11-25-24(18-22)28-29(33-32-25)34(5)30(37)36(28)21(3)4/h9-12,18-21,27H,6-8,13-17H2,1-5H3. The minimum Gasteiger partial charge on any atom is -0.371 e. The SMILES string of the molecule is CC(C)CCC(OCCN1CCCC1)c1ccc(-c2ccc3nnc4c(c3c2)n(C(C)C)c(=O)n4C)cn1. The normalized spacial score (nSPS) is 15.4. The van der Waals surface area contributed by atoms with Crippen LogP contribution in [0.4, 0.5) is 0 Å². The first-order chi connectivity index (χ1) is 18.3. The topological polar surface area (TPSA) is 78.1 Å². The highest BCUT2D eigenvalue weighted by molar-refractivity contribution is 6.02. The number of aromatic nitrogens is 5. The van der Waals surface area contributed by atoms with Gasteiger partial charge in [0.25, 0.3) is 0 Å². The summed E-state index contributed by atoms with van der Waals surface area (Å²) in [4.78, 5) is 20.3. The average Bonchev–Trinajstić information content (AvgIpc) is 3.52. The van der Waals surface area contributed by atoms with Crippen LogP contribution in [-0.2, 0) is 11.8 Å². The van der Waals surface area contributed by atoms with Crippen LogP contribution in [0.15, 0.2) is 41.3 Å². The summed E-state index contributed by atoms with van der Waals surface area (Å²) in [5.41, 5.74) is 5.16. The fraction of sp³-hybridized carbons (Fsp3) is 0.533. The molecule has 8 nitrogen and oxygen atoms in total. The zero-order valence-corrected chi connectivity index (χ0v) is 23.4. The van der Waals surface area contributed by atoms with Gasteiger partial charge in [-0.05, 0) is 82.3 Å². The van der Waals surface area contributed by atoms with Crippen molar-refractivity contribution in [2.45, 2.75) is 65.5 Å². The summed E-state index contributed by atoms with van der Waals surface area (Å²) in [7, 11) is 1.75. The van der Waals surface area contributed by atoms with Crippen molar-refractivity contribution < 1.29 is 4.74 Å². The van der Waals surface area contributed by atoms with Crippen molar-refractivity contribution in [1.82, 2.24) is 29.2 Å². The summed E-state index contributed by atoms with van der Waals surface area (Å²) in [6.45, 7) is 12.6. The molecule has 8 heteroatoms. The number of imidazole rings is 1. The number of aryl methyl sites for hydroxylation is 1. The third-order valence-electron chi connectivity index (χ3n) is 7.66. The molecule has 1 fully saturated rings. The van der Waals surface area contributed by atoms with Crippen LogP contribution in [0.25, 0.3) is 33.2 Å². The fourth-order valence-corrected chi connectivity index (χ4v) is 5.45. The Morgan fingerprint density at radius 3 is 2.42 bits per heavy atom. The van der Waals surface area contributed by atoms with E-state index in [2.05, 4.69) is 47.1 Å². The Labute approximate surface area is 224 Å². The van der Waals surface area contributed by atoms with Crippen molar-refractivity contribution in [3.63, 3.8) is 0 Å². The largest absolute Gasteiger partial charge is 0.371 e. The second kappa shape index (κ2) is 11.3. The fourth-order valence-electron chi connectivity index (χ4n) is 5.45. The van der Waals surface area contributed by atoms with E-state index in [0.29, 0.717) is 11.6 Å². The van der Waals surface area contributed by atoms with Crippen molar-refractivity contribution in [2.24, 2.45) is 13.0 Å². The highest BCUT2D eigenvalue weighted by Crippen LogP contribution is 2.30. The molecule has 5 rings (SSSR count). The molecule has 1 atom stereocenters. The molecule has 1 aliphatic rings. The Kier molecular flexibility index (Phi) is 7.91. The summed E-state index contributed by atoms with van der Waals surface area (Å²) < 4.78 is 9.76. The maximum Gasteiger partial charge on any atom is 0.330 e.